The summed E-state index contributed by atoms with van der Waals surface area (Å²) in [5.74, 6) is 0.242. The van der Waals surface area contributed by atoms with E-state index in [0.717, 1.165) is 12.0 Å². The Morgan fingerprint density at radius 1 is 1.04 bits per heavy atom. The Kier molecular flexibility index (Phi) is 7.61. The third-order valence-electron chi connectivity index (χ3n) is 3.81. The number of nitrogens with zero attached hydrogens (tertiary/aromatic N) is 1. The highest BCUT2D eigenvalue weighted by Gasteiger charge is 2.06. The van der Waals surface area contributed by atoms with Crippen molar-refractivity contribution in [3.05, 3.63) is 71.0 Å². The van der Waals surface area contributed by atoms with Crippen molar-refractivity contribution in [3.8, 4) is 0 Å². The van der Waals surface area contributed by atoms with Crippen LogP contribution in [0.1, 0.15) is 34.8 Å². The largest absolute Gasteiger partial charge is 0.352 e. The molecule has 2 aromatic carbocycles. The average Bonchev–Trinajstić information content (AvgIpc) is 2.67. The third-order valence-corrected chi connectivity index (χ3v) is 3.81. The number of nitrogens with one attached hydrogen (secondary N) is 3. The summed E-state index contributed by atoms with van der Waals surface area (Å²) in [6.07, 6.45) is 0.900. The van der Waals surface area contributed by atoms with Gasteiger partial charge >= 0.3 is 0 Å². The Morgan fingerprint density at radius 2 is 1.81 bits per heavy atom. The molecule has 138 valence electrons. The first kappa shape index (κ1) is 19.4. The van der Waals surface area contributed by atoms with E-state index in [1.54, 1.807) is 31.3 Å². The van der Waals surface area contributed by atoms with Crippen LogP contribution in [0, 0.1) is 5.82 Å². The van der Waals surface area contributed by atoms with Gasteiger partial charge in [-0.1, -0.05) is 37.3 Å². The Labute approximate surface area is 153 Å². The Bertz CT molecular complexity index is 761. The summed E-state index contributed by atoms with van der Waals surface area (Å²) in [6.45, 7) is 3.52. The number of hydrogen-bond donors (Lipinski definition) is 3. The summed E-state index contributed by atoms with van der Waals surface area (Å²) in [5, 5.41) is 9.12. The SMILES string of the molecule is CCCNC(=O)c1cccc(CNC(=NC)NCc2ccccc2F)c1. The van der Waals surface area contributed by atoms with Crippen molar-refractivity contribution in [3.63, 3.8) is 0 Å². The minimum absolute atomic E-state index is 0.0734. The number of benzene rings is 2. The molecule has 6 heteroatoms. The number of guanidine groups is 1. The third kappa shape index (κ3) is 5.88. The Balaban J connectivity index is 1.90. The molecule has 0 aliphatic carbocycles. The highest BCUT2D eigenvalue weighted by molar-refractivity contribution is 5.94. The van der Waals surface area contributed by atoms with E-state index in [9.17, 15) is 9.18 Å². The first-order valence-corrected chi connectivity index (χ1v) is 8.69. The van der Waals surface area contributed by atoms with Crippen LogP contribution in [0.3, 0.4) is 0 Å². The standard InChI is InChI=1S/C20H25FN4O/c1-3-11-23-19(26)16-9-6-7-15(12-16)13-24-20(22-2)25-14-17-8-4-5-10-18(17)21/h4-10,12H,3,11,13-14H2,1-2H3,(H,23,26)(H2,22,24,25). The molecule has 0 aromatic heterocycles. The van der Waals surface area contributed by atoms with Gasteiger partial charge in [-0.15, -0.1) is 0 Å². The van der Waals surface area contributed by atoms with Gasteiger partial charge in [0.05, 0.1) is 0 Å². The molecule has 2 aromatic rings. The molecule has 0 saturated heterocycles. The number of hydrogen-bond acceptors (Lipinski definition) is 2. The van der Waals surface area contributed by atoms with Gasteiger partial charge in [0.2, 0.25) is 0 Å². The van der Waals surface area contributed by atoms with Crippen molar-refractivity contribution in [1.82, 2.24) is 16.0 Å². The molecule has 5 nitrogen and oxygen atoms in total. The fourth-order valence-corrected chi connectivity index (χ4v) is 2.39. The van der Waals surface area contributed by atoms with Crippen molar-refractivity contribution < 1.29 is 9.18 Å². The molecule has 0 aliphatic rings. The van der Waals surface area contributed by atoms with Crippen LogP contribution in [0.5, 0.6) is 0 Å². The minimum Gasteiger partial charge on any atom is -0.352 e. The summed E-state index contributed by atoms with van der Waals surface area (Å²) in [6, 6.07) is 14.1. The minimum atomic E-state index is -0.249. The van der Waals surface area contributed by atoms with Crippen LogP contribution in [0.2, 0.25) is 0 Å². The highest BCUT2D eigenvalue weighted by atomic mass is 19.1. The predicted octanol–water partition coefficient (Wildman–Crippen LogP) is 2.83. The van der Waals surface area contributed by atoms with Crippen LogP contribution < -0.4 is 16.0 Å². The lowest BCUT2D eigenvalue weighted by molar-refractivity contribution is 0.0953. The summed E-state index contributed by atoms with van der Waals surface area (Å²) >= 11 is 0. The summed E-state index contributed by atoms with van der Waals surface area (Å²) in [5.41, 5.74) is 2.17. The summed E-state index contributed by atoms with van der Waals surface area (Å²) < 4.78 is 13.7. The zero-order valence-electron chi connectivity index (χ0n) is 15.2. The second kappa shape index (κ2) is 10.2. The maximum absolute atomic E-state index is 13.7. The molecular weight excluding hydrogens is 331 g/mol. The van der Waals surface area contributed by atoms with Gasteiger partial charge < -0.3 is 16.0 Å². The van der Waals surface area contributed by atoms with Crippen molar-refractivity contribution in [2.24, 2.45) is 4.99 Å². The van der Waals surface area contributed by atoms with Crippen LogP contribution in [-0.4, -0.2) is 25.5 Å². The molecule has 0 spiro atoms. The lowest BCUT2D eigenvalue weighted by Crippen LogP contribution is -2.36. The molecule has 26 heavy (non-hydrogen) atoms. The number of aliphatic imine (C=N–C) groups is 1. The van der Waals surface area contributed by atoms with E-state index in [1.807, 2.05) is 25.1 Å². The molecule has 0 aliphatic heterocycles. The van der Waals surface area contributed by atoms with Crippen molar-refractivity contribution >= 4 is 11.9 Å². The maximum Gasteiger partial charge on any atom is 0.251 e. The molecule has 0 radical (unpaired) electrons. The lowest BCUT2D eigenvalue weighted by Gasteiger charge is -2.13. The Hall–Kier alpha value is -2.89. The molecule has 0 saturated carbocycles. The zero-order chi connectivity index (χ0) is 18.8. The first-order chi connectivity index (χ1) is 12.6. The van der Waals surface area contributed by atoms with Gasteiger partial charge in [0.1, 0.15) is 5.82 Å². The smallest absolute Gasteiger partial charge is 0.251 e. The average molecular weight is 356 g/mol. The van der Waals surface area contributed by atoms with E-state index in [1.165, 1.54) is 6.07 Å². The molecule has 0 fully saturated rings. The fraction of sp³-hybridized carbons (Fsp3) is 0.300. The van der Waals surface area contributed by atoms with Gasteiger partial charge in [0.15, 0.2) is 5.96 Å². The fourth-order valence-electron chi connectivity index (χ4n) is 2.39. The van der Waals surface area contributed by atoms with Crippen LogP contribution in [-0.2, 0) is 13.1 Å². The predicted molar refractivity (Wildman–Crippen MR) is 103 cm³/mol. The van der Waals surface area contributed by atoms with E-state index in [4.69, 9.17) is 0 Å². The van der Waals surface area contributed by atoms with E-state index < -0.39 is 0 Å². The van der Waals surface area contributed by atoms with Gasteiger partial charge in [-0.3, -0.25) is 9.79 Å². The number of carbonyl (C=O) groups is 1. The molecule has 3 N–H and O–H groups in total. The van der Waals surface area contributed by atoms with Crippen molar-refractivity contribution in [1.29, 1.82) is 0 Å². The zero-order valence-corrected chi connectivity index (χ0v) is 15.2. The topological polar surface area (TPSA) is 65.5 Å². The van der Waals surface area contributed by atoms with Gasteiger partial charge in [0, 0.05) is 37.8 Å². The number of carbonyl (C=O) groups excluding carboxylic acids is 1. The number of rotatable bonds is 7. The molecule has 0 atom stereocenters. The molecule has 0 bridgehead atoms. The van der Waals surface area contributed by atoms with E-state index >= 15 is 0 Å². The summed E-state index contributed by atoms with van der Waals surface area (Å²) in [7, 11) is 1.66. The molecule has 1 amide bonds. The van der Waals surface area contributed by atoms with Crippen LogP contribution in [0.4, 0.5) is 4.39 Å². The monoisotopic (exact) mass is 356 g/mol. The van der Waals surface area contributed by atoms with E-state index in [0.29, 0.717) is 36.7 Å². The second-order valence-corrected chi connectivity index (χ2v) is 5.83. The van der Waals surface area contributed by atoms with Gasteiger partial charge in [0.25, 0.3) is 5.91 Å². The molecular formula is C20H25FN4O. The van der Waals surface area contributed by atoms with Gasteiger partial charge in [-0.2, -0.15) is 0 Å². The molecule has 2 rings (SSSR count). The van der Waals surface area contributed by atoms with Crippen LogP contribution >= 0.6 is 0 Å². The van der Waals surface area contributed by atoms with E-state index in [2.05, 4.69) is 20.9 Å². The first-order valence-electron chi connectivity index (χ1n) is 8.69. The molecule has 0 heterocycles. The van der Waals surface area contributed by atoms with E-state index in [-0.39, 0.29) is 11.7 Å². The number of amides is 1. The van der Waals surface area contributed by atoms with Crippen molar-refractivity contribution in [2.75, 3.05) is 13.6 Å². The maximum atomic E-state index is 13.7. The van der Waals surface area contributed by atoms with Gasteiger partial charge in [-0.25, -0.2) is 4.39 Å². The Morgan fingerprint density at radius 3 is 2.54 bits per heavy atom. The number of halogens is 1. The normalized spacial score (nSPS) is 11.1. The van der Waals surface area contributed by atoms with Crippen molar-refractivity contribution in [2.45, 2.75) is 26.4 Å². The van der Waals surface area contributed by atoms with Crippen LogP contribution in [0.15, 0.2) is 53.5 Å². The molecule has 0 unspecified atom stereocenters. The van der Waals surface area contributed by atoms with Crippen LogP contribution in [0.25, 0.3) is 0 Å². The lowest BCUT2D eigenvalue weighted by atomic mass is 10.1. The second-order valence-electron chi connectivity index (χ2n) is 5.83. The van der Waals surface area contributed by atoms with Gasteiger partial charge in [-0.05, 0) is 30.2 Å². The quantitative estimate of drug-likeness (QED) is 0.528. The highest BCUT2D eigenvalue weighted by Crippen LogP contribution is 2.07. The summed E-state index contributed by atoms with van der Waals surface area (Å²) in [4.78, 5) is 16.2.